The summed E-state index contributed by atoms with van der Waals surface area (Å²) in [5.41, 5.74) is 1.34. The molecular weight excluding hydrogens is 154 g/mol. The zero-order valence-corrected chi connectivity index (χ0v) is 6.32. The largest absolute Gasteiger partial charge is 0.392 e. The van der Waals surface area contributed by atoms with Crippen LogP contribution in [0.25, 0.3) is 0 Å². The molecule has 0 saturated carbocycles. The van der Waals surface area contributed by atoms with Crippen LogP contribution in [0.5, 0.6) is 0 Å². The quantitative estimate of drug-likeness (QED) is 0.654. The molecule has 0 heterocycles. The number of rotatable bonds is 2. The van der Waals surface area contributed by atoms with E-state index in [1.165, 1.54) is 6.07 Å². The summed E-state index contributed by atoms with van der Waals surface area (Å²) in [7, 11) is 0. The Kier molecular flexibility index (Phi) is 2.57. The first kappa shape index (κ1) is 8.44. The Hall–Kier alpha value is -1.66. The van der Waals surface area contributed by atoms with Crippen LogP contribution < -0.4 is 0 Å². The van der Waals surface area contributed by atoms with E-state index < -0.39 is 0 Å². The summed E-state index contributed by atoms with van der Waals surface area (Å²) in [5, 5.41) is 17.3. The molecule has 0 unspecified atom stereocenters. The number of hydrogen-bond donors (Lipinski definition) is 1. The Labute approximate surface area is 69.9 Å². The van der Waals surface area contributed by atoms with Gasteiger partial charge in [-0.3, -0.25) is 4.79 Å². The lowest BCUT2D eigenvalue weighted by atomic mass is 10.1. The maximum atomic E-state index is 10.4. The molecule has 60 valence electrons. The molecule has 1 aromatic carbocycles. The van der Waals surface area contributed by atoms with Gasteiger partial charge in [-0.1, -0.05) is 6.07 Å². The number of aldehydes is 1. The van der Waals surface area contributed by atoms with E-state index in [1.54, 1.807) is 12.1 Å². The molecule has 3 heteroatoms. The predicted octanol–water partition coefficient (Wildman–Crippen LogP) is 0.863. The summed E-state index contributed by atoms with van der Waals surface area (Å²) in [5.74, 6) is 0. The fourth-order valence-electron chi connectivity index (χ4n) is 0.918. The van der Waals surface area contributed by atoms with E-state index in [1.807, 2.05) is 6.07 Å². The SMILES string of the molecule is N#Cc1ccc(CO)c(C=O)c1. The predicted molar refractivity (Wildman–Crippen MR) is 42.5 cm³/mol. The fraction of sp³-hybridized carbons (Fsp3) is 0.111. The molecule has 12 heavy (non-hydrogen) atoms. The standard InChI is InChI=1S/C9H7NO2/c10-4-7-1-2-8(5-11)9(3-7)6-12/h1-3,6,11H,5H2. The van der Waals surface area contributed by atoms with Crippen molar-refractivity contribution >= 4 is 6.29 Å². The van der Waals surface area contributed by atoms with Gasteiger partial charge in [-0.2, -0.15) is 5.26 Å². The molecule has 1 N–H and O–H groups in total. The van der Waals surface area contributed by atoms with E-state index in [0.29, 0.717) is 23.0 Å². The van der Waals surface area contributed by atoms with Crippen LogP contribution in [0, 0.1) is 11.3 Å². The van der Waals surface area contributed by atoms with Crippen LogP contribution in [0.15, 0.2) is 18.2 Å². The van der Waals surface area contributed by atoms with Crippen LogP contribution in [0.3, 0.4) is 0 Å². The normalized spacial score (nSPS) is 9.00. The molecular formula is C9H7NO2. The monoisotopic (exact) mass is 161 g/mol. The third kappa shape index (κ3) is 1.49. The summed E-state index contributed by atoms with van der Waals surface area (Å²) < 4.78 is 0. The van der Waals surface area contributed by atoms with E-state index in [9.17, 15) is 4.79 Å². The lowest BCUT2D eigenvalue weighted by Gasteiger charge is -1.99. The minimum absolute atomic E-state index is 0.181. The Morgan fingerprint density at radius 2 is 2.33 bits per heavy atom. The van der Waals surface area contributed by atoms with Gasteiger partial charge in [0.25, 0.3) is 0 Å². The Morgan fingerprint density at radius 3 is 2.83 bits per heavy atom. The summed E-state index contributed by atoms with van der Waals surface area (Å²) in [6.07, 6.45) is 0.631. The zero-order chi connectivity index (χ0) is 8.97. The van der Waals surface area contributed by atoms with Crippen molar-refractivity contribution in [2.75, 3.05) is 0 Å². The molecule has 0 amide bonds. The molecule has 0 aliphatic carbocycles. The van der Waals surface area contributed by atoms with Crippen molar-refractivity contribution in [3.05, 3.63) is 34.9 Å². The first-order valence-electron chi connectivity index (χ1n) is 3.41. The molecule has 3 nitrogen and oxygen atoms in total. The van der Waals surface area contributed by atoms with Gasteiger partial charge < -0.3 is 5.11 Å². The number of aliphatic hydroxyl groups is 1. The minimum atomic E-state index is -0.181. The average Bonchev–Trinajstić information content (AvgIpc) is 2.16. The maximum Gasteiger partial charge on any atom is 0.150 e. The Balaban J connectivity index is 3.21. The number of nitriles is 1. The molecule has 1 rings (SSSR count). The second-order valence-electron chi connectivity index (χ2n) is 2.30. The maximum absolute atomic E-state index is 10.4. The van der Waals surface area contributed by atoms with Crippen LogP contribution in [-0.2, 0) is 6.61 Å². The highest BCUT2D eigenvalue weighted by molar-refractivity contribution is 5.78. The van der Waals surface area contributed by atoms with Gasteiger partial charge in [0.1, 0.15) is 6.29 Å². The van der Waals surface area contributed by atoms with Crippen molar-refractivity contribution in [1.82, 2.24) is 0 Å². The van der Waals surface area contributed by atoms with Crippen LogP contribution in [0.2, 0.25) is 0 Å². The summed E-state index contributed by atoms with van der Waals surface area (Å²) in [6.45, 7) is -0.181. The fourth-order valence-corrected chi connectivity index (χ4v) is 0.918. The van der Waals surface area contributed by atoms with Gasteiger partial charge in [0.15, 0.2) is 0 Å². The number of hydrogen-bond acceptors (Lipinski definition) is 3. The van der Waals surface area contributed by atoms with Gasteiger partial charge in [-0.25, -0.2) is 0 Å². The van der Waals surface area contributed by atoms with Crippen molar-refractivity contribution in [2.45, 2.75) is 6.61 Å². The molecule has 0 atom stereocenters. The van der Waals surface area contributed by atoms with Crippen molar-refractivity contribution in [3.63, 3.8) is 0 Å². The van der Waals surface area contributed by atoms with Crippen molar-refractivity contribution in [1.29, 1.82) is 5.26 Å². The van der Waals surface area contributed by atoms with E-state index in [-0.39, 0.29) is 6.61 Å². The van der Waals surface area contributed by atoms with Crippen LogP contribution in [0.1, 0.15) is 21.5 Å². The summed E-state index contributed by atoms with van der Waals surface area (Å²) >= 11 is 0. The average molecular weight is 161 g/mol. The van der Waals surface area contributed by atoms with E-state index in [0.717, 1.165) is 0 Å². The van der Waals surface area contributed by atoms with Gasteiger partial charge in [0.05, 0.1) is 18.2 Å². The Bertz CT molecular complexity index is 339. The number of benzene rings is 1. The van der Waals surface area contributed by atoms with Crippen LogP contribution in [-0.4, -0.2) is 11.4 Å². The van der Waals surface area contributed by atoms with E-state index in [2.05, 4.69) is 0 Å². The highest BCUT2D eigenvalue weighted by Gasteiger charge is 2.00. The molecule has 0 radical (unpaired) electrons. The number of carbonyl (C=O) groups is 1. The van der Waals surface area contributed by atoms with Crippen molar-refractivity contribution in [2.24, 2.45) is 0 Å². The van der Waals surface area contributed by atoms with Crippen LogP contribution >= 0.6 is 0 Å². The third-order valence-electron chi connectivity index (χ3n) is 1.57. The van der Waals surface area contributed by atoms with E-state index in [4.69, 9.17) is 10.4 Å². The first-order chi connectivity index (χ1) is 5.81. The van der Waals surface area contributed by atoms with Gasteiger partial charge in [0.2, 0.25) is 0 Å². The minimum Gasteiger partial charge on any atom is -0.392 e. The number of carbonyl (C=O) groups excluding carboxylic acids is 1. The molecule has 0 fully saturated rings. The smallest absolute Gasteiger partial charge is 0.150 e. The van der Waals surface area contributed by atoms with Gasteiger partial charge in [-0.15, -0.1) is 0 Å². The lowest BCUT2D eigenvalue weighted by Crippen LogP contribution is -1.92. The summed E-state index contributed by atoms with van der Waals surface area (Å²) in [4.78, 5) is 10.4. The topological polar surface area (TPSA) is 61.1 Å². The summed E-state index contributed by atoms with van der Waals surface area (Å²) in [6, 6.07) is 6.51. The molecule has 0 aromatic heterocycles. The highest BCUT2D eigenvalue weighted by Crippen LogP contribution is 2.09. The van der Waals surface area contributed by atoms with E-state index >= 15 is 0 Å². The van der Waals surface area contributed by atoms with Gasteiger partial charge in [-0.05, 0) is 17.7 Å². The molecule has 0 aliphatic rings. The van der Waals surface area contributed by atoms with Crippen molar-refractivity contribution in [3.8, 4) is 6.07 Å². The molecule has 0 spiro atoms. The van der Waals surface area contributed by atoms with Crippen LogP contribution in [0.4, 0.5) is 0 Å². The molecule has 0 aliphatic heterocycles. The molecule has 0 saturated heterocycles. The second kappa shape index (κ2) is 3.65. The number of nitrogens with zero attached hydrogens (tertiary/aromatic N) is 1. The Morgan fingerprint density at radius 1 is 1.58 bits per heavy atom. The number of aliphatic hydroxyl groups excluding tert-OH is 1. The van der Waals surface area contributed by atoms with Gasteiger partial charge in [0, 0.05) is 5.56 Å². The third-order valence-corrected chi connectivity index (χ3v) is 1.57. The second-order valence-corrected chi connectivity index (χ2v) is 2.30. The molecule has 1 aromatic rings. The van der Waals surface area contributed by atoms with Crippen molar-refractivity contribution < 1.29 is 9.90 Å². The van der Waals surface area contributed by atoms with Gasteiger partial charge >= 0.3 is 0 Å². The zero-order valence-electron chi connectivity index (χ0n) is 6.32. The molecule has 0 bridgehead atoms. The first-order valence-corrected chi connectivity index (χ1v) is 3.41. The lowest BCUT2D eigenvalue weighted by molar-refractivity contribution is 0.112. The highest BCUT2D eigenvalue weighted by atomic mass is 16.3.